The van der Waals surface area contributed by atoms with Gasteiger partial charge in [0.1, 0.15) is 0 Å². The Balaban J connectivity index is 2.31. The largest absolute Gasteiger partial charge is 0.326 e. The highest BCUT2D eigenvalue weighted by Crippen LogP contribution is 2.42. The number of rotatable bonds is 3. The Morgan fingerprint density at radius 1 is 1.37 bits per heavy atom. The van der Waals surface area contributed by atoms with Crippen LogP contribution in [0.2, 0.25) is 0 Å². The molecule has 1 N–H and O–H groups in total. The second-order valence-corrected chi connectivity index (χ2v) is 6.46. The molecule has 0 bridgehead atoms. The normalized spacial score (nSPS) is 17.4. The number of halogens is 1. The van der Waals surface area contributed by atoms with Gasteiger partial charge in [0.25, 0.3) is 0 Å². The van der Waals surface area contributed by atoms with Crippen LogP contribution in [0.4, 0.5) is 5.69 Å². The van der Waals surface area contributed by atoms with E-state index >= 15 is 0 Å². The van der Waals surface area contributed by atoms with Gasteiger partial charge in [-0.05, 0) is 41.9 Å². The third kappa shape index (κ3) is 3.11. The van der Waals surface area contributed by atoms with E-state index in [0.29, 0.717) is 6.42 Å². The predicted octanol–water partition coefficient (Wildman–Crippen LogP) is 4.68. The summed E-state index contributed by atoms with van der Waals surface area (Å²) in [5.41, 5.74) is 3.39. The number of carbonyl (C=O) groups is 1. The Kier molecular flexibility index (Phi) is 4.19. The summed E-state index contributed by atoms with van der Waals surface area (Å²) in [4.78, 5) is 11.5. The zero-order valence-corrected chi connectivity index (χ0v) is 12.7. The van der Waals surface area contributed by atoms with E-state index in [2.05, 4.69) is 32.2 Å². The smallest absolute Gasteiger partial charge is 0.224 e. The summed E-state index contributed by atoms with van der Waals surface area (Å²) >= 11 is 6.62. The van der Waals surface area contributed by atoms with E-state index in [-0.39, 0.29) is 16.7 Å². The lowest BCUT2D eigenvalue weighted by Gasteiger charge is -2.29. The third-order valence-corrected chi connectivity index (χ3v) is 4.99. The number of anilines is 1. The van der Waals surface area contributed by atoms with Crippen molar-refractivity contribution < 1.29 is 4.79 Å². The summed E-state index contributed by atoms with van der Waals surface area (Å²) in [6.07, 6.45) is 3.49. The minimum Gasteiger partial charge on any atom is -0.326 e. The van der Waals surface area contributed by atoms with Gasteiger partial charge in [0, 0.05) is 12.1 Å². The molecule has 0 spiro atoms. The fourth-order valence-corrected chi connectivity index (χ4v) is 2.67. The average molecular weight is 280 g/mol. The van der Waals surface area contributed by atoms with E-state index in [4.69, 9.17) is 11.6 Å². The Labute approximate surface area is 120 Å². The zero-order valence-electron chi connectivity index (χ0n) is 11.9. The van der Waals surface area contributed by atoms with Crippen LogP contribution in [0.15, 0.2) is 18.2 Å². The molecule has 1 amide bonds. The van der Waals surface area contributed by atoms with E-state index in [0.717, 1.165) is 30.5 Å². The van der Waals surface area contributed by atoms with Crippen LogP contribution in [0.25, 0.3) is 0 Å². The number of carbonyl (C=O) groups excluding carboxylic acids is 1. The maximum Gasteiger partial charge on any atom is 0.224 e. The van der Waals surface area contributed by atoms with Gasteiger partial charge in [-0.1, -0.05) is 32.9 Å². The fourth-order valence-electron chi connectivity index (χ4n) is 2.38. The van der Waals surface area contributed by atoms with E-state index in [1.165, 1.54) is 5.56 Å². The molecule has 1 aliphatic rings. The molecule has 0 aromatic heterocycles. The standard InChI is InChI=1S/C16H22ClNO/c1-4-16(2,3)15(17)12-8-9-13-11(10-12)6-5-7-14(19)18-13/h8-10,15H,4-7H2,1-3H3,(H,18,19). The molecule has 1 aliphatic heterocycles. The van der Waals surface area contributed by atoms with E-state index in [9.17, 15) is 4.79 Å². The van der Waals surface area contributed by atoms with Crippen LogP contribution in [0.1, 0.15) is 56.5 Å². The molecule has 104 valence electrons. The number of amides is 1. The summed E-state index contributed by atoms with van der Waals surface area (Å²) in [5.74, 6) is 0.114. The first kappa shape index (κ1) is 14.4. The van der Waals surface area contributed by atoms with Gasteiger partial charge in [0.15, 0.2) is 0 Å². The topological polar surface area (TPSA) is 29.1 Å². The molecular weight excluding hydrogens is 258 g/mol. The minimum atomic E-state index is 0.00162. The maximum absolute atomic E-state index is 11.5. The van der Waals surface area contributed by atoms with Crippen LogP contribution in [0.5, 0.6) is 0 Å². The van der Waals surface area contributed by atoms with Crippen molar-refractivity contribution in [1.82, 2.24) is 0 Å². The Hall–Kier alpha value is -1.02. The lowest BCUT2D eigenvalue weighted by molar-refractivity contribution is -0.116. The average Bonchev–Trinajstić information content (AvgIpc) is 2.57. The summed E-state index contributed by atoms with van der Waals surface area (Å²) in [6.45, 7) is 6.55. The molecule has 1 heterocycles. The second kappa shape index (κ2) is 5.54. The number of hydrogen-bond donors (Lipinski definition) is 1. The SMILES string of the molecule is CCC(C)(C)C(Cl)c1ccc2c(c1)CCCC(=O)N2. The lowest BCUT2D eigenvalue weighted by atomic mass is 9.82. The molecule has 1 aromatic carbocycles. The first-order chi connectivity index (χ1) is 8.94. The molecule has 0 fully saturated rings. The molecule has 19 heavy (non-hydrogen) atoms. The number of fused-ring (bicyclic) bond motifs is 1. The summed E-state index contributed by atoms with van der Waals surface area (Å²) in [7, 11) is 0. The van der Waals surface area contributed by atoms with Gasteiger partial charge in [-0.2, -0.15) is 0 Å². The molecule has 0 saturated carbocycles. The van der Waals surface area contributed by atoms with Crippen molar-refractivity contribution in [3.05, 3.63) is 29.3 Å². The summed E-state index contributed by atoms with van der Waals surface area (Å²) < 4.78 is 0. The Morgan fingerprint density at radius 2 is 2.11 bits per heavy atom. The van der Waals surface area contributed by atoms with Crippen LogP contribution in [-0.2, 0) is 11.2 Å². The lowest BCUT2D eigenvalue weighted by Crippen LogP contribution is -2.17. The van der Waals surface area contributed by atoms with Crippen molar-refractivity contribution in [3.63, 3.8) is 0 Å². The molecule has 2 rings (SSSR count). The first-order valence-corrected chi connectivity index (χ1v) is 7.44. The van der Waals surface area contributed by atoms with Crippen LogP contribution in [0, 0.1) is 5.41 Å². The van der Waals surface area contributed by atoms with E-state index in [1.807, 2.05) is 12.1 Å². The van der Waals surface area contributed by atoms with Crippen LogP contribution >= 0.6 is 11.6 Å². The number of nitrogens with one attached hydrogen (secondary N) is 1. The highest BCUT2D eigenvalue weighted by Gasteiger charge is 2.28. The van der Waals surface area contributed by atoms with E-state index < -0.39 is 0 Å². The fraction of sp³-hybridized carbons (Fsp3) is 0.562. The molecule has 1 atom stereocenters. The molecule has 0 aliphatic carbocycles. The monoisotopic (exact) mass is 279 g/mol. The molecule has 1 unspecified atom stereocenters. The van der Waals surface area contributed by atoms with Crippen molar-refractivity contribution in [2.75, 3.05) is 5.32 Å². The van der Waals surface area contributed by atoms with Gasteiger partial charge in [0.2, 0.25) is 5.91 Å². The predicted molar refractivity (Wildman–Crippen MR) is 80.7 cm³/mol. The molecule has 3 heteroatoms. The quantitative estimate of drug-likeness (QED) is 0.800. The second-order valence-electron chi connectivity index (χ2n) is 6.02. The van der Waals surface area contributed by atoms with Crippen molar-refractivity contribution in [1.29, 1.82) is 0 Å². The maximum atomic E-state index is 11.5. The molecule has 1 aromatic rings. The van der Waals surface area contributed by atoms with E-state index in [1.54, 1.807) is 0 Å². The van der Waals surface area contributed by atoms with Gasteiger partial charge in [-0.15, -0.1) is 11.6 Å². The van der Waals surface area contributed by atoms with Gasteiger partial charge in [0.05, 0.1) is 5.38 Å². The molecule has 0 radical (unpaired) electrons. The molecular formula is C16H22ClNO. The minimum absolute atomic E-state index is 0.00162. The highest BCUT2D eigenvalue weighted by molar-refractivity contribution is 6.21. The summed E-state index contributed by atoms with van der Waals surface area (Å²) in [5, 5.41) is 2.96. The molecule has 2 nitrogen and oxygen atoms in total. The number of aryl methyl sites for hydroxylation is 1. The van der Waals surface area contributed by atoms with Crippen LogP contribution < -0.4 is 5.32 Å². The van der Waals surface area contributed by atoms with Crippen molar-refractivity contribution in [2.24, 2.45) is 5.41 Å². The molecule has 0 saturated heterocycles. The Bertz CT molecular complexity index is 482. The third-order valence-electron chi connectivity index (χ3n) is 4.14. The first-order valence-electron chi connectivity index (χ1n) is 7.01. The number of alkyl halides is 1. The number of benzene rings is 1. The van der Waals surface area contributed by atoms with Crippen LogP contribution in [-0.4, -0.2) is 5.91 Å². The highest BCUT2D eigenvalue weighted by atomic mass is 35.5. The zero-order chi connectivity index (χ0) is 14.0. The summed E-state index contributed by atoms with van der Waals surface area (Å²) in [6, 6.07) is 6.20. The van der Waals surface area contributed by atoms with Gasteiger partial charge in [-0.3, -0.25) is 4.79 Å². The van der Waals surface area contributed by atoms with Crippen molar-refractivity contribution in [3.8, 4) is 0 Å². The van der Waals surface area contributed by atoms with Gasteiger partial charge >= 0.3 is 0 Å². The Morgan fingerprint density at radius 3 is 2.79 bits per heavy atom. The van der Waals surface area contributed by atoms with Crippen LogP contribution in [0.3, 0.4) is 0 Å². The van der Waals surface area contributed by atoms with Gasteiger partial charge < -0.3 is 5.32 Å². The van der Waals surface area contributed by atoms with Crippen molar-refractivity contribution >= 4 is 23.2 Å². The van der Waals surface area contributed by atoms with Gasteiger partial charge in [-0.25, -0.2) is 0 Å². The van der Waals surface area contributed by atoms with Crippen molar-refractivity contribution in [2.45, 2.75) is 51.8 Å². The number of hydrogen-bond acceptors (Lipinski definition) is 1.